The van der Waals surface area contributed by atoms with Crippen LogP contribution >= 0.6 is 0 Å². The highest BCUT2D eigenvalue weighted by atomic mass is 16.5. The van der Waals surface area contributed by atoms with Gasteiger partial charge in [-0.1, -0.05) is 0 Å². The van der Waals surface area contributed by atoms with Crippen molar-refractivity contribution in [3.05, 3.63) is 12.3 Å². The van der Waals surface area contributed by atoms with Crippen molar-refractivity contribution < 1.29 is 9.53 Å². The van der Waals surface area contributed by atoms with Crippen LogP contribution in [0.15, 0.2) is 12.3 Å². The number of ether oxygens (including phenoxy) is 1. The van der Waals surface area contributed by atoms with Gasteiger partial charge in [-0.15, -0.1) is 0 Å². The lowest BCUT2D eigenvalue weighted by molar-refractivity contribution is -0.126. The van der Waals surface area contributed by atoms with Gasteiger partial charge in [0.1, 0.15) is 5.82 Å². The number of rotatable bonds is 2. The lowest BCUT2D eigenvalue weighted by atomic mass is 10.0. The van der Waals surface area contributed by atoms with Crippen molar-refractivity contribution in [1.29, 1.82) is 0 Å². The molecule has 88 valence electrons. The normalized spacial score (nSPS) is 20.8. The Morgan fingerprint density at radius 2 is 2.50 bits per heavy atom. The van der Waals surface area contributed by atoms with E-state index >= 15 is 0 Å². The Hall–Kier alpha value is -1.36. The molecule has 5 nitrogen and oxygen atoms in total. The van der Waals surface area contributed by atoms with Gasteiger partial charge >= 0.3 is 0 Å². The molecule has 0 saturated carbocycles. The molecular formula is C11H17N3O2. The predicted molar refractivity (Wildman–Crippen MR) is 60.2 cm³/mol. The summed E-state index contributed by atoms with van der Waals surface area (Å²) in [5.41, 5.74) is 0. The Bertz CT molecular complexity index is 369. The van der Waals surface area contributed by atoms with Crippen molar-refractivity contribution in [3.63, 3.8) is 0 Å². The molecular weight excluding hydrogens is 206 g/mol. The van der Waals surface area contributed by atoms with E-state index in [0.29, 0.717) is 6.61 Å². The first-order valence-electron chi connectivity index (χ1n) is 5.53. The largest absolute Gasteiger partial charge is 0.381 e. The minimum absolute atomic E-state index is 0.00588. The quantitative estimate of drug-likeness (QED) is 0.745. The topological polar surface area (TPSA) is 47.4 Å². The summed E-state index contributed by atoms with van der Waals surface area (Å²) in [4.78, 5) is 13.8. The third-order valence-electron chi connectivity index (χ3n) is 2.98. The molecule has 5 heteroatoms. The Kier molecular flexibility index (Phi) is 3.24. The summed E-state index contributed by atoms with van der Waals surface area (Å²) in [7, 11) is 3.62. The van der Waals surface area contributed by atoms with Gasteiger partial charge in [0, 0.05) is 26.8 Å². The van der Waals surface area contributed by atoms with E-state index in [1.807, 2.05) is 13.1 Å². The number of hydrogen-bond donors (Lipinski definition) is 0. The van der Waals surface area contributed by atoms with Crippen LogP contribution in [0.3, 0.4) is 0 Å². The van der Waals surface area contributed by atoms with Gasteiger partial charge in [-0.05, 0) is 12.8 Å². The molecule has 0 spiro atoms. The second-order valence-corrected chi connectivity index (χ2v) is 4.12. The molecule has 1 aromatic heterocycles. The zero-order valence-electron chi connectivity index (χ0n) is 9.72. The molecule has 0 aromatic carbocycles. The maximum Gasteiger partial charge on any atom is 0.233 e. The van der Waals surface area contributed by atoms with Gasteiger partial charge in [-0.2, -0.15) is 5.10 Å². The highest BCUT2D eigenvalue weighted by Gasteiger charge is 2.26. The van der Waals surface area contributed by atoms with E-state index in [0.717, 1.165) is 25.3 Å². The molecule has 0 N–H and O–H groups in total. The molecule has 2 heterocycles. The molecule has 0 bridgehead atoms. The van der Waals surface area contributed by atoms with Crippen molar-refractivity contribution >= 4 is 11.7 Å². The first-order valence-corrected chi connectivity index (χ1v) is 5.53. The van der Waals surface area contributed by atoms with Gasteiger partial charge in [0.15, 0.2) is 0 Å². The van der Waals surface area contributed by atoms with E-state index in [-0.39, 0.29) is 11.8 Å². The lowest BCUT2D eigenvalue weighted by Crippen LogP contribution is -2.38. The molecule has 1 aliphatic rings. The minimum Gasteiger partial charge on any atom is -0.381 e. The van der Waals surface area contributed by atoms with E-state index < -0.39 is 0 Å². The highest BCUT2D eigenvalue weighted by Crippen LogP contribution is 2.19. The zero-order valence-corrected chi connectivity index (χ0v) is 9.72. The fourth-order valence-corrected chi connectivity index (χ4v) is 2.02. The fourth-order valence-electron chi connectivity index (χ4n) is 2.02. The SMILES string of the molecule is CN(C(=O)C1CCCOC1)c1ccnn1C. The van der Waals surface area contributed by atoms with E-state index in [1.165, 1.54) is 0 Å². The Morgan fingerprint density at radius 3 is 3.06 bits per heavy atom. The Balaban J connectivity index is 2.06. The summed E-state index contributed by atoms with van der Waals surface area (Å²) in [5, 5.41) is 4.06. The lowest BCUT2D eigenvalue weighted by Gasteiger charge is -2.26. The molecule has 16 heavy (non-hydrogen) atoms. The summed E-state index contributed by atoms with van der Waals surface area (Å²) in [6, 6.07) is 1.83. The number of carbonyl (C=O) groups is 1. The van der Waals surface area contributed by atoms with Crippen molar-refractivity contribution in [1.82, 2.24) is 9.78 Å². The van der Waals surface area contributed by atoms with Gasteiger partial charge in [0.2, 0.25) is 5.91 Å². The molecule has 1 fully saturated rings. The average Bonchev–Trinajstić information content (AvgIpc) is 2.75. The number of aryl methyl sites for hydroxylation is 1. The maximum atomic E-state index is 12.2. The fraction of sp³-hybridized carbons (Fsp3) is 0.636. The molecule has 1 unspecified atom stereocenters. The molecule has 1 aromatic rings. The molecule has 1 aliphatic heterocycles. The molecule has 2 rings (SSSR count). The molecule has 1 saturated heterocycles. The van der Waals surface area contributed by atoms with Gasteiger partial charge in [-0.25, -0.2) is 0 Å². The third-order valence-corrected chi connectivity index (χ3v) is 2.98. The Labute approximate surface area is 95.0 Å². The van der Waals surface area contributed by atoms with Gasteiger partial charge < -0.3 is 4.74 Å². The summed E-state index contributed by atoms with van der Waals surface area (Å²) in [5.74, 6) is 0.924. The minimum atomic E-state index is -0.00588. The summed E-state index contributed by atoms with van der Waals surface area (Å²) >= 11 is 0. The van der Waals surface area contributed by atoms with Crippen LogP contribution in [0.1, 0.15) is 12.8 Å². The number of aromatic nitrogens is 2. The standard InChI is InChI=1S/C11H17N3O2/c1-13(10-5-6-12-14(10)2)11(15)9-4-3-7-16-8-9/h5-6,9H,3-4,7-8H2,1-2H3. The average molecular weight is 223 g/mol. The number of hydrogen-bond acceptors (Lipinski definition) is 3. The number of carbonyl (C=O) groups excluding carboxylic acids is 1. The zero-order chi connectivity index (χ0) is 11.5. The first kappa shape index (κ1) is 11.1. The highest BCUT2D eigenvalue weighted by molar-refractivity contribution is 5.93. The van der Waals surface area contributed by atoms with Crippen LogP contribution in [0.4, 0.5) is 5.82 Å². The number of anilines is 1. The number of nitrogens with zero attached hydrogens (tertiary/aromatic N) is 3. The second-order valence-electron chi connectivity index (χ2n) is 4.12. The predicted octanol–water partition coefficient (Wildman–Crippen LogP) is 0.809. The van der Waals surface area contributed by atoms with Crippen LogP contribution in [-0.2, 0) is 16.6 Å². The smallest absolute Gasteiger partial charge is 0.233 e. The van der Waals surface area contributed by atoms with Gasteiger partial charge in [0.25, 0.3) is 0 Å². The monoisotopic (exact) mass is 223 g/mol. The van der Waals surface area contributed by atoms with E-state index in [9.17, 15) is 4.79 Å². The second kappa shape index (κ2) is 4.65. The van der Waals surface area contributed by atoms with Crippen LogP contribution in [0, 0.1) is 5.92 Å². The van der Waals surface area contributed by atoms with E-state index in [2.05, 4.69) is 5.10 Å². The summed E-state index contributed by atoms with van der Waals surface area (Å²) < 4.78 is 7.03. The van der Waals surface area contributed by atoms with E-state index in [1.54, 1.807) is 22.8 Å². The maximum absolute atomic E-state index is 12.2. The van der Waals surface area contributed by atoms with Crippen LogP contribution in [0.25, 0.3) is 0 Å². The molecule has 1 atom stereocenters. The van der Waals surface area contributed by atoms with Gasteiger partial charge in [-0.3, -0.25) is 14.4 Å². The molecule has 0 radical (unpaired) electrons. The summed E-state index contributed by atoms with van der Waals surface area (Å²) in [6.45, 7) is 1.32. The van der Waals surface area contributed by atoms with Gasteiger partial charge in [0.05, 0.1) is 18.7 Å². The van der Waals surface area contributed by atoms with Crippen LogP contribution < -0.4 is 4.90 Å². The van der Waals surface area contributed by atoms with Crippen LogP contribution in [0.5, 0.6) is 0 Å². The Morgan fingerprint density at radius 1 is 1.69 bits per heavy atom. The number of amides is 1. The first-order chi connectivity index (χ1) is 7.70. The van der Waals surface area contributed by atoms with Crippen molar-refractivity contribution in [2.24, 2.45) is 13.0 Å². The third kappa shape index (κ3) is 2.09. The van der Waals surface area contributed by atoms with Crippen LogP contribution in [0.2, 0.25) is 0 Å². The van der Waals surface area contributed by atoms with E-state index in [4.69, 9.17) is 4.74 Å². The van der Waals surface area contributed by atoms with Crippen molar-refractivity contribution in [2.45, 2.75) is 12.8 Å². The molecule has 1 amide bonds. The van der Waals surface area contributed by atoms with Crippen molar-refractivity contribution in [2.75, 3.05) is 25.2 Å². The summed E-state index contributed by atoms with van der Waals surface area (Å²) in [6.07, 6.45) is 3.58. The van der Waals surface area contributed by atoms with Crippen molar-refractivity contribution in [3.8, 4) is 0 Å². The van der Waals surface area contributed by atoms with Crippen LogP contribution in [-0.4, -0.2) is 35.9 Å². The molecule has 0 aliphatic carbocycles.